The van der Waals surface area contributed by atoms with Crippen molar-refractivity contribution >= 4 is 38.6 Å². The first-order valence-corrected chi connectivity index (χ1v) is 11.1. The number of nitrogens with one attached hydrogen (secondary N) is 1. The van der Waals surface area contributed by atoms with Gasteiger partial charge in [-0.1, -0.05) is 6.07 Å². The first kappa shape index (κ1) is 17.6. The number of ether oxygens (including phenoxy) is 1. The lowest BCUT2D eigenvalue weighted by Gasteiger charge is -2.30. The SMILES string of the molecule is O=C1C=C(n2ncc3cc(-c4cnc5c(c4)OCCN5CC4CC4)ccc32)S(=O)N1. The maximum absolute atomic E-state index is 12.1. The summed E-state index contributed by atoms with van der Waals surface area (Å²) >= 11 is 0. The molecule has 1 saturated carbocycles. The average molecular weight is 421 g/mol. The number of nitrogens with zero attached hydrogens (tertiary/aromatic N) is 4. The van der Waals surface area contributed by atoms with Gasteiger partial charge in [0.15, 0.2) is 27.6 Å². The molecule has 2 aliphatic heterocycles. The molecule has 6 rings (SSSR count). The predicted octanol–water partition coefficient (Wildman–Crippen LogP) is 2.30. The molecule has 1 N–H and O–H groups in total. The summed E-state index contributed by atoms with van der Waals surface area (Å²) in [6.07, 6.45) is 7.53. The number of rotatable bonds is 4. The molecule has 1 aromatic carbocycles. The standard InChI is InChI=1S/C21H19N5O3S/c27-19-9-20(30(28)24-19)26-17-4-3-14(7-16(17)11-23-26)15-8-18-21(22-10-15)25(5-6-29-18)12-13-1-2-13/h3-4,7-11,13H,1-2,5-6,12H2,(H,24,27). The number of pyridine rings is 1. The third kappa shape index (κ3) is 2.97. The Bertz CT molecular complexity index is 1250. The van der Waals surface area contributed by atoms with Crippen LogP contribution in [0.4, 0.5) is 5.82 Å². The van der Waals surface area contributed by atoms with Crippen LogP contribution in [0.3, 0.4) is 0 Å². The lowest BCUT2D eigenvalue weighted by molar-refractivity contribution is -0.114. The van der Waals surface area contributed by atoms with Crippen LogP contribution in [-0.2, 0) is 15.8 Å². The molecule has 4 heterocycles. The second-order valence-corrected chi connectivity index (χ2v) is 8.99. The Morgan fingerprint density at radius 1 is 1.20 bits per heavy atom. The molecule has 30 heavy (non-hydrogen) atoms. The number of fused-ring (bicyclic) bond motifs is 2. The van der Waals surface area contributed by atoms with Gasteiger partial charge in [0.1, 0.15) is 6.61 Å². The van der Waals surface area contributed by atoms with Crippen molar-refractivity contribution in [2.24, 2.45) is 5.92 Å². The number of aromatic nitrogens is 3. The van der Waals surface area contributed by atoms with E-state index in [0.717, 1.165) is 52.6 Å². The van der Waals surface area contributed by atoms with Crippen molar-refractivity contribution in [3.63, 3.8) is 0 Å². The zero-order valence-electron chi connectivity index (χ0n) is 16.1. The van der Waals surface area contributed by atoms with E-state index in [1.165, 1.54) is 23.6 Å². The topological polar surface area (TPSA) is 89.4 Å². The fourth-order valence-corrected chi connectivity index (χ4v) is 4.83. The Balaban J connectivity index is 1.34. The van der Waals surface area contributed by atoms with Crippen molar-refractivity contribution in [3.05, 3.63) is 42.7 Å². The summed E-state index contributed by atoms with van der Waals surface area (Å²) < 4.78 is 21.9. The highest BCUT2D eigenvalue weighted by Gasteiger charge is 2.28. The van der Waals surface area contributed by atoms with Gasteiger partial charge in [0.2, 0.25) is 0 Å². The highest BCUT2D eigenvalue weighted by molar-refractivity contribution is 7.93. The largest absolute Gasteiger partial charge is 0.488 e. The van der Waals surface area contributed by atoms with E-state index in [1.54, 1.807) is 6.20 Å². The number of carbonyl (C=O) groups excluding carboxylic acids is 1. The van der Waals surface area contributed by atoms with Gasteiger partial charge in [-0.15, -0.1) is 0 Å². The van der Waals surface area contributed by atoms with E-state index < -0.39 is 11.0 Å². The van der Waals surface area contributed by atoms with E-state index in [1.807, 2.05) is 30.5 Å². The minimum absolute atomic E-state index is 0.336. The molecular formula is C21H19N5O3S. The third-order valence-corrected chi connectivity index (χ3v) is 6.73. The Kier molecular flexibility index (Phi) is 3.92. The molecule has 3 aliphatic rings. The maximum atomic E-state index is 12.1. The lowest BCUT2D eigenvalue weighted by Crippen LogP contribution is -2.35. The number of anilines is 1. The van der Waals surface area contributed by atoms with Crippen LogP contribution in [0.1, 0.15) is 12.8 Å². The third-order valence-electron chi connectivity index (χ3n) is 5.67. The normalized spacial score (nSPS) is 20.7. The molecule has 1 aliphatic carbocycles. The molecule has 0 spiro atoms. The van der Waals surface area contributed by atoms with Gasteiger partial charge in [0, 0.05) is 29.8 Å². The second kappa shape index (κ2) is 6.66. The molecule has 152 valence electrons. The molecular weight excluding hydrogens is 402 g/mol. The van der Waals surface area contributed by atoms with Crippen LogP contribution < -0.4 is 14.4 Å². The molecule has 1 amide bonds. The van der Waals surface area contributed by atoms with Crippen molar-refractivity contribution in [2.75, 3.05) is 24.6 Å². The van der Waals surface area contributed by atoms with Gasteiger partial charge in [-0.2, -0.15) is 5.10 Å². The Labute approximate surface area is 175 Å². The van der Waals surface area contributed by atoms with E-state index >= 15 is 0 Å². The van der Waals surface area contributed by atoms with Gasteiger partial charge >= 0.3 is 0 Å². The summed E-state index contributed by atoms with van der Waals surface area (Å²) in [4.78, 5) is 18.5. The number of carbonyl (C=O) groups is 1. The predicted molar refractivity (Wildman–Crippen MR) is 114 cm³/mol. The van der Waals surface area contributed by atoms with Crippen molar-refractivity contribution in [3.8, 4) is 16.9 Å². The maximum Gasteiger partial charge on any atom is 0.258 e. The smallest absolute Gasteiger partial charge is 0.258 e. The van der Waals surface area contributed by atoms with Gasteiger partial charge in [-0.25, -0.2) is 13.9 Å². The summed E-state index contributed by atoms with van der Waals surface area (Å²) in [6, 6.07) is 7.95. The van der Waals surface area contributed by atoms with E-state index in [4.69, 9.17) is 9.72 Å². The Morgan fingerprint density at radius 3 is 2.90 bits per heavy atom. The molecule has 1 unspecified atom stereocenters. The fraction of sp³-hybridized carbons (Fsp3) is 0.286. The molecule has 9 heteroatoms. The summed E-state index contributed by atoms with van der Waals surface area (Å²) in [5.74, 6) is 2.18. The van der Waals surface area contributed by atoms with Crippen LogP contribution >= 0.6 is 0 Å². The van der Waals surface area contributed by atoms with Crippen molar-refractivity contribution in [1.82, 2.24) is 19.5 Å². The van der Waals surface area contributed by atoms with Crippen molar-refractivity contribution in [2.45, 2.75) is 12.8 Å². The summed E-state index contributed by atoms with van der Waals surface area (Å²) in [5, 5.41) is 5.55. The van der Waals surface area contributed by atoms with Crippen LogP contribution in [0, 0.1) is 5.92 Å². The molecule has 0 saturated heterocycles. The first-order chi connectivity index (χ1) is 14.7. The molecule has 0 bridgehead atoms. The Morgan fingerprint density at radius 2 is 2.10 bits per heavy atom. The number of hydrogen-bond donors (Lipinski definition) is 1. The van der Waals surface area contributed by atoms with Crippen LogP contribution in [0.15, 0.2) is 42.7 Å². The Hall–Kier alpha value is -3.20. The van der Waals surface area contributed by atoms with E-state index in [0.29, 0.717) is 11.6 Å². The number of benzene rings is 1. The van der Waals surface area contributed by atoms with Gasteiger partial charge in [0.25, 0.3) is 5.91 Å². The molecule has 1 fully saturated rings. The monoisotopic (exact) mass is 421 g/mol. The summed E-state index contributed by atoms with van der Waals surface area (Å²) in [6.45, 7) is 2.62. The molecule has 1 atom stereocenters. The van der Waals surface area contributed by atoms with E-state index in [-0.39, 0.29) is 5.91 Å². The zero-order valence-corrected chi connectivity index (χ0v) is 16.9. The quantitative estimate of drug-likeness (QED) is 0.695. The van der Waals surface area contributed by atoms with Crippen molar-refractivity contribution in [1.29, 1.82) is 0 Å². The van der Waals surface area contributed by atoms with Gasteiger partial charge in [-0.05, 0) is 42.5 Å². The summed E-state index contributed by atoms with van der Waals surface area (Å²) in [7, 11) is -1.59. The molecule has 0 radical (unpaired) electrons. The van der Waals surface area contributed by atoms with Crippen molar-refractivity contribution < 1.29 is 13.7 Å². The van der Waals surface area contributed by atoms with Crippen LogP contribution in [-0.4, -0.2) is 44.6 Å². The second-order valence-electron chi connectivity index (χ2n) is 7.83. The molecule has 8 nitrogen and oxygen atoms in total. The zero-order chi connectivity index (χ0) is 20.2. The van der Waals surface area contributed by atoms with Crippen LogP contribution in [0.2, 0.25) is 0 Å². The first-order valence-electron chi connectivity index (χ1n) is 9.96. The van der Waals surface area contributed by atoms with Gasteiger partial charge in [0.05, 0.1) is 18.3 Å². The highest BCUT2D eigenvalue weighted by Crippen LogP contribution is 2.37. The number of amides is 1. The van der Waals surface area contributed by atoms with Gasteiger partial charge in [-0.3, -0.25) is 9.52 Å². The minimum Gasteiger partial charge on any atom is -0.488 e. The van der Waals surface area contributed by atoms with Gasteiger partial charge < -0.3 is 9.64 Å². The lowest BCUT2D eigenvalue weighted by atomic mass is 10.1. The van der Waals surface area contributed by atoms with E-state index in [9.17, 15) is 9.00 Å². The van der Waals surface area contributed by atoms with E-state index in [2.05, 4.69) is 14.7 Å². The van der Waals surface area contributed by atoms with Crippen LogP contribution in [0.25, 0.3) is 27.1 Å². The average Bonchev–Trinajstić information content (AvgIpc) is 3.37. The highest BCUT2D eigenvalue weighted by atomic mass is 32.2. The minimum atomic E-state index is -1.59. The summed E-state index contributed by atoms with van der Waals surface area (Å²) in [5.41, 5.74) is 2.75. The number of hydrogen-bond acceptors (Lipinski definition) is 6. The van der Waals surface area contributed by atoms with Crippen LogP contribution in [0.5, 0.6) is 5.75 Å². The fourth-order valence-electron chi connectivity index (χ4n) is 3.97. The molecule has 2 aromatic heterocycles. The molecule has 3 aromatic rings.